The van der Waals surface area contributed by atoms with Gasteiger partial charge in [-0.3, -0.25) is 9.59 Å². The predicted molar refractivity (Wildman–Crippen MR) is 151 cm³/mol. The molecule has 1 N–H and O–H groups in total. The van der Waals surface area contributed by atoms with Crippen molar-refractivity contribution in [2.75, 3.05) is 6.61 Å². The second kappa shape index (κ2) is 13.1. The third-order valence-electron chi connectivity index (χ3n) is 6.69. The third-order valence-corrected chi connectivity index (χ3v) is 7.55. The maximum absolute atomic E-state index is 13.7. The number of carbonyl (C=O) groups excluding carboxylic acids is 2. The van der Waals surface area contributed by atoms with Gasteiger partial charge in [0.25, 0.3) is 5.91 Å². The topological polar surface area (TPSA) is 58.6 Å². The molecule has 4 rings (SSSR count). The minimum Gasteiger partial charge on any atom is -0.483 e. The van der Waals surface area contributed by atoms with Crippen LogP contribution in [-0.4, -0.2) is 35.4 Å². The first-order valence-electron chi connectivity index (χ1n) is 12.7. The number of hydrogen-bond donors (Lipinski definition) is 1. The van der Waals surface area contributed by atoms with Crippen LogP contribution < -0.4 is 10.1 Å². The van der Waals surface area contributed by atoms with Crippen molar-refractivity contribution in [1.29, 1.82) is 0 Å². The van der Waals surface area contributed by atoms with Crippen molar-refractivity contribution in [2.45, 2.75) is 57.7 Å². The van der Waals surface area contributed by atoms with Gasteiger partial charge in [-0.05, 0) is 65.0 Å². The summed E-state index contributed by atoms with van der Waals surface area (Å²) in [7, 11) is 0. The van der Waals surface area contributed by atoms with Crippen LogP contribution in [0.4, 0.5) is 0 Å². The lowest BCUT2D eigenvalue weighted by molar-refractivity contribution is -0.143. The molecule has 5 nitrogen and oxygen atoms in total. The highest BCUT2D eigenvalue weighted by Gasteiger charge is 2.32. The summed E-state index contributed by atoms with van der Waals surface area (Å²) in [5.74, 6) is 0.136. The highest BCUT2D eigenvalue weighted by atomic mass is 79.9. The van der Waals surface area contributed by atoms with Gasteiger partial charge in [-0.2, -0.15) is 0 Å². The van der Waals surface area contributed by atoms with E-state index < -0.39 is 6.04 Å². The molecule has 0 bridgehead atoms. The second-order valence-electron chi connectivity index (χ2n) is 9.57. The summed E-state index contributed by atoms with van der Waals surface area (Å²) < 4.78 is 6.54. The molecule has 2 amide bonds. The fourth-order valence-electron chi connectivity index (χ4n) is 4.63. The summed E-state index contributed by atoms with van der Waals surface area (Å²) in [5.41, 5.74) is 3.09. The van der Waals surface area contributed by atoms with E-state index in [-0.39, 0.29) is 24.5 Å². The van der Waals surface area contributed by atoms with Crippen LogP contribution in [0.25, 0.3) is 0 Å². The number of rotatable bonds is 10. The quantitative estimate of drug-likeness (QED) is 0.297. The smallest absolute Gasteiger partial charge is 0.261 e. The molecule has 1 aliphatic rings. The van der Waals surface area contributed by atoms with E-state index in [1.54, 1.807) is 23.1 Å². The maximum Gasteiger partial charge on any atom is 0.261 e. The molecular formula is C30H32BrClN2O3. The number of carbonyl (C=O) groups is 2. The number of benzene rings is 3. The molecule has 0 radical (unpaired) electrons. The van der Waals surface area contributed by atoms with Gasteiger partial charge < -0.3 is 15.0 Å². The van der Waals surface area contributed by atoms with E-state index >= 15 is 0 Å². The first-order valence-corrected chi connectivity index (χ1v) is 13.8. The number of nitrogens with zero attached hydrogens (tertiary/aromatic N) is 1. The van der Waals surface area contributed by atoms with Crippen molar-refractivity contribution in [2.24, 2.45) is 0 Å². The van der Waals surface area contributed by atoms with Crippen molar-refractivity contribution in [3.05, 3.63) is 99.0 Å². The Bertz CT molecular complexity index is 1200. The Balaban J connectivity index is 1.61. The van der Waals surface area contributed by atoms with Gasteiger partial charge in [0.2, 0.25) is 5.91 Å². The summed E-state index contributed by atoms with van der Waals surface area (Å²) in [4.78, 5) is 29.1. The molecule has 0 aliphatic heterocycles. The molecule has 0 heterocycles. The zero-order valence-electron chi connectivity index (χ0n) is 21.0. The number of nitrogens with one attached hydrogen (secondary N) is 1. The van der Waals surface area contributed by atoms with E-state index in [9.17, 15) is 9.59 Å². The van der Waals surface area contributed by atoms with Crippen LogP contribution in [-0.2, 0) is 22.6 Å². The minimum atomic E-state index is -0.672. The average molecular weight is 584 g/mol. The summed E-state index contributed by atoms with van der Waals surface area (Å²) in [6, 6.07) is 22.5. The molecule has 0 unspecified atom stereocenters. The van der Waals surface area contributed by atoms with Crippen LogP contribution in [0.3, 0.4) is 0 Å². The van der Waals surface area contributed by atoms with Crippen LogP contribution in [0.1, 0.15) is 42.4 Å². The minimum absolute atomic E-state index is 0.121. The molecule has 0 saturated heterocycles. The Hall–Kier alpha value is -2.83. The molecule has 3 aromatic carbocycles. The van der Waals surface area contributed by atoms with Crippen LogP contribution in [0.2, 0.25) is 5.02 Å². The average Bonchev–Trinajstić information content (AvgIpc) is 3.40. The summed E-state index contributed by atoms with van der Waals surface area (Å²) >= 11 is 9.49. The molecule has 194 valence electrons. The normalized spacial score (nSPS) is 14.2. The van der Waals surface area contributed by atoms with E-state index in [2.05, 4.69) is 21.2 Å². The summed E-state index contributed by atoms with van der Waals surface area (Å²) in [5, 5.41) is 3.79. The van der Waals surface area contributed by atoms with E-state index in [4.69, 9.17) is 16.3 Å². The van der Waals surface area contributed by atoms with Crippen LogP contribution >= 0.6 is 27.5 Å². The van der Waals surface area contributed by atoms with E-state index in [0.717, 1.165) is 42.4 Å². The highest BCUT2D eigenvalue weighted by molar-refractivity contribution is 9.10. The molecule has 1 saturated carbocycles. The Labute approximate surface area is 232 Å². The second-order valence-corrected chi connectivity index (χ2v) is 10.9. The lowest BCUT2D eigenvalue weighted by Crippen LogP contribution is -2.53. The van der Waals surface area contributed by atoms with Gasteiger partial charge in [0.05, 0.1) is 4.47 Å². The van der Waals surface area contributed by atoms with E-state index in [1.807, 2.05) is 61.5 Å². The molecule has 7 heteroatoms. The molecule has 1 atom stereocenters. The van der Waals surface area contributed by atoms with Gasteiger partial charge in [0.15, 0.2) is 6.61 Å². The Kier molecular flexibility index (Phi) is 9.64. The first-order chi connectivity index (χ1) is 17.9. The van der Waals surface area contributed by atoms with Crippen LogP contribution in [0.15, 0.2) is 77.3 Å². The fourth-order valence-corrected chi connectivity index (χ4v) is 5.42. The van der Waals surface area contributed by atoms with Gasteiger partial charge in [-0.15, -0.1) is 0 Å². The standard InChI is InChI=1S/C30H32BrClN2O3/c1-21-11-13-23(14-12-21)19-34(29(35)20-37-28-16-15-24(32)18-26(28)31)27(17-22-7-3-2-4-8-22)30(36)33-25-9-5-6-10-25/h2-4,7-8,11-16,18,25,27H,5-6,9-10,17,19-20H2,1H3,(H,33,36)/t27-/m1/s1. The molecule has 1 fully saturated rings. The first kappa shape index (κ1) is 27.2. The van der Waals surface area contributed by atoms with Gasteiger partial charge in [0.1, 0.15) is 11.8 Å². The van der Waals surface area contributed by atoms with Gasteiger partial charge >= 0.3 is 0 Å². The van der Waals surface area contributed by atoms with E-state index in [1.165, 1.54) is 0 Å². The Morgan fingerprint density at radius 2 is 1.73 bits per heavy atom. The van der Waals surface area contributed by atoms with Crippen molar-refractivity contribution < 1.29 is 14.3 Å². The number of ether oxygens (including phenoxy) is 1. The molecule has 0 spiro atoms. The maximum atomic E-state index is 13.7. The molecule has 37 heavy (non-hydrogen) atoms. The van der Waals surface area contributed by atoms with Crippen molar-refractivity contribution in [3.8, 4) is 5.75 Å². The molecule has 1 aliphatic carbocycles. The predicted octanol–water partition coefficient (Wildman–Crippen LogP) is 6.49. The van der Waals surface area contributed by atoms with Crippen LogP contribution in [0, 0.1) is 6.92 Å². The molecular weight excluding hydrogens is 552 g/mol. The fraction of sp³-hybridized carbons (Fsp3) is 0.333. The van der Waals surface area contributed by atoms with Crippen molar-refractivity contribution in [1.82, 2.24) is 10.2 Å². The lowest BCUT2D eigenvalue weighted by Gasteiger charge is -2.32. The largest absolute Gasteiger partial charge is 0.483 e. The van der Waals surface area contributed by atoms with Crippen molar-refractivity contribution in [3.63, 3.8) is 0 Å². The van der Waals surface area contributed by atoms with Crippen molar-refractivity contribution >= 4 is 39.3 Å². The number of halogens is 2. The highest BCUT2D eigenvalue weighted by Crippen LogP contribution is 2.28. The van der Waals surface area contributed by atoms with Crippen LogP contribution in [0.5, 0.6) is 5.75 Å². The number of aryl methyl sites for hydroxylation is 1. The van der Waals surface area contributed by atoms with Gasteiger partial charge in [-0.25, -0.2) is 0 Å². The van der Waals surface area contributed by atoms with Gasteiger partial charge in [0, 0.05) is 24.0 Å². The monoisotopic (exact) mass is 582 g/mol. The summed E-state index contributed by atoms with van der Waals surface area (Å²) in [6.45, 7) is 2.13. The SMILES string of the molecule is Cc1ccc(CN(C(=O)COc2ccc(Cl)cc2Br)[C@H](Cc2ccccc2)C(=O)NC2CCCC2)cc1. The molecule has 0 aromatic heterocycles. The van der Waals surface area contributed by atoms with E-state index in [0.29, 0.717) is 28.2 Å². The van der Waals surface area contributed by atoms with Gasteiger partial charge in [-0.1, -0.05) is 84.6 Å². The number of hydrogen-bond acceptors (Lipinski definition) is 3. The lowest BCUT2D eigenvalue weighted by atomic mass is 10.0. The third kappa shape index (κ3) is 7.83. The molecule has 3 aromatic rings. The Morgan fingerprint density at radius 3 is 2.41 bits per heavy atom. The summed E-state index contributed by atoms with van der Waals surface area (Å²) in [6.07, 6.45) is 4.60. The zero-order valence-corrected chi connectivity index (χ0v) is 23.3. The number of amides is 2. The Morgan fingerprint density at radius 1 is 1.03 bits per heavy atom. The zero-order chi connectivity index (χ0) is 26.2.